The average molecular weight is 362 g/mol. The summed E-state index contributed by atoms with van der Waals surface area (Å²) in [6.07, 6.45) is -2.95. The number of alkyl halides is 3. The monoisotopic (exact) mass is 362 g/mol. The summed E-state index contributed by atoms with van der Waals surface area (Å²) in [7, 11) is -0.895. The van der Waals surface area contributed by atoms with Crippen molar-refractivity contribution in [3.8, 4) is 0 Å². The maximum absolute atomic E-state index is 13.1. The molecule has 0 atom stereocenters. The molecule has 0 bridgehead atoms. The van der Waals surface area contributed by atoms with E-state index in [4.69, 9.17) is 9.31 Å². The zero-order chi connectivity index (χ0) is 18.3. The minimum atomic E-state index is -4.75. The molecule has 10 heteroatoms. The van der Waals surface area contributed by atoms with Crippen LogP contribution in [0.25, 0.3) is 6.08 Å². The molecule has 1 aromatic rings. The van der Waals surface area contributed by atoms with Crippen LogP contribution in [-0.2, 0) is 15.5 Å². The van der Waals surface area contributed by atoms with E-state index in [9.17, 15) is 18.0 Å². The first kappa shape index (κ1) is 19.1. The van der Waals surface area contributed by atoms with Crippen LogP contribution in [0.3, 0.4) is 0 Å². The third-order valence-corrected chi connectivity index (χ3v) is 4.59. The van der Waals surface area contributed by atoms with Gasteiger partial charge >= 0.3 is 13.3 Å². The van der Waals surface area contributed by atoms with Crippen LogP contribution in [0, 0.1) is 0 Å². The number of nitrogens with zero attached hydrogens (tertiary/aromatic N) is 1. The van der Waals surface area contributed by atoms with E-state index < -0.39 is 41.3 Å². The summed E-state index contributed by atoms with van der Waals surface area (Å²) in [5.74, 6) is 0.0580. The molecule has 2 rings (SSSR count). The average Bonchev–Trinajstić information content (AvgIpc) is 2.64. The lowest BCUT2D eigenvalue weighted by Gasteiger charge is -2.32. The molecule has 0 unspecified atom stereocenters. The number of hydrogen-bond donors (Lipinski definition) is 2. The molecule has 1 saturated heterocycles. The second kappa shape index (κ2) is 6.23. The number of aromatic nitrogens is 2. The van der Waals surface area contributed by atoms with E-state index in [0.717, 1.165) is 12.4 Å². The standard InChI is InChI=1S/C14H18BF3N2O3S/c1-12(2)13(3,4)23-15(22-12)8(6-24)5-9-10(14(16,17)18)19-7-20-11(9)21/h5,7,24H,6H2,1-4H3,(H,19,20,21). The molecule has 1 fully saturated rings. The second-order valence-corrected chi connectivity index (χ2v) is 6.77. The van der Waals surface area contributed by atoms with Gasteiger partial charge in [-0.2, -0.15) is 25.8 Å². The summed E-state index contributed by atoms with van der Waals surface area (Å²) in [5, 5.41) is 0. The summed E-state index contributed by atoms with van der Waals surface area (Å²) < 4.78 is 50.8. The Morgan fingerprint density at radius 3 is 2.33 bits per heavy atom. The van der Waals surface area contributed by atoms with E-state index in [1.54, 1.807) is 0 Å². The summed E-state index contributed by atoms with van der Waals surface area (Å²) >= 11 is 4.13. The van der Waals surface area contributed by atoms with Crippen LogP contribution < -0.4 is 5.56 Å². The maximum Gasteiger partial charge on any atom is 0.491 e. The molecule has 24 heavy (non-hydrogen) atoms. The molecule has 1 aliphatic heterocycles. The molecule has 5 nitrogen and oxygen atoms in total. The molecule has 0 aromatic carbocycles. The largest absolute Gasteiger partial charge is 0.491 e. The Bertz CT molecular complexity index is 700. The SMILES string of the molecule is CC1(C)OB(C(=Cc2c(C(F)(F)F)nc[nH]c2=O)CS)OC1(C)C. The Morgan fingerprint density at radius 2 is 1.88 bits per heavy atom. The van der Waals surface area contributed by atoms with E-state index in [1.165, 1.54) is 0 Å². The van der Waals surface area contributed by atoms with Gasteiger partial charge < -0.3 is 14.3 Å². The molecule has 0 spiro atoms. The molecule has 0 amide bonds. The van der Waals surface area contributed by atoms with Crippen molar-refractivity contribution in [3.63, 3.8) is 0 Å². The van der Waals surface area contributed by atoms with Crippen LogP contribution in [0.5, 0.6) is 0 Å². The van der Waals surface area contributed by atoms with Crippen molar-refractivity contribution in [2.75, 3.05) is 5.75 Å². The molecule has 2 heterocycles. The van der Waals surface area contributed by atoms with Gasteiger partial charge in [0.1, 0.15) is 0 Å². The number of thiol groups is 1. The Balaban J connectivity index is 2.49. The Labute approximate surface area is 143 Å². The lowest BCUT2D eigenvalue weighted by molar-refractivity contribution is -0.141. The first-order valence-corrected chi connectivity index (χ1v) is 7.84. The summed E-state index contributed by atoms with van der Waals surface area (Å²) in [6.45, 7) is 7.28. The normalized spacial score (nSPS) is 20.5. The molecule has 0 aliphatic carbocycles. The third kappa shape index (κ3) is 3.55. The molecule has 1 aliphatic rings. The highest BCUT2D eigenvalue weighted by molar-refractivity contribution is 7.80. The van der Waals surface area contributed by atoms with Gasteiger partial charge in [-0.25, -0.2) is 4.98 Å². The number of hydrogen-bond acceptors (Lipinski definition) is 5. The fourth-order valence-electron chi connectivity index (χ4n) is 2.14. The lowest BCUT2D eigenvalue weighted by Crippen LogP contribution is -2.41. The van der Waals surface area contributed by atoms with Crippen LogP contribution in [0.4, 0.5) is 13.2 Å². The molecule has 0 saturated carbocycles. The first-order valence-electron chi connectivity index (χ1n) is 7.21. The van der Waals surface area contributed by atoms with E-state index >= 15 is 0 Å². The minimum Gasteiger partial charge on any atom is -0.400 e. The summed E-state index contributed by atoms with van der Waals surface area (Å²) in [6, 6.07) is 0. The highest BCUT2D eigenvalue weighted by Crippen LogP contribution is 2.39. The predicted molar refractivity (Wildman–Crippen MR) is 87.8 cm³/mol. The number of rotatable bonds is 3. The van der Waals surface area contributed by atoms with Crippen LogP contribution in [-0.4, -0.2) is 34.0 Å². The van der Waals surface area contributed by atoms with Gasteiger partial charge in [0.2, 0.25) is 0 Å². The molecule has 1 N–H and O–H groups in total. The van der Waals surface area contributed by atoms with Crippen LogP contribution >= 0.6 is 12.6 Å². The minimum absolute atomic E-state index is 0.0580. The van der Waals surface area contributed by atoms with Crippen molar-refractivity contribution >= 4 is 25.8 Å². The highest BCUT2D eigenvalue weighted by Gasteiger charge is 2.52. The van der Waals surface area contributed by atoms with Crippen molar-refractivity contribution in [1.82, 2.24) is 9.97 Å². The zero-order valence-electron chi connectivity index (χ0n) is 13.7. The Kier molecular flexibility index (Phi) is 4.95. The van der Waals surface area contributed by atoms with Crippen LogP contribution in [0.2, 0.25) is 0 Å². The smallest absolute Gasteiger partial charge is 0.400 e. The summed E-state index contributed by atoms with van der Waals surface area (Å²) in [4.78, 5) is 17.3. The van der Waals surface area contributed by atoms with Gasteiger partial charge in [0, 0.05) is 5.75 Å². The van der Waals surface area contributed by atoms with E-state index in [0.29, 0.717) is 5.47 Å². The van der Waals surface area contributed by atoms with Gasteiger partial charge in [0.25, 0.3) is 5.56 Å². The van der Waals surface area contributed by atoms with Crippen molar-refractivity contribution in [2.24, 2.45) is 0 Å². The summed E-state index contributed by atoms with van der Waals surface area (Å²) in [5.41, 5.74) is -3.76. The first-order chi connectivity index (χ1) is 10.9. The second-order valence-electron chi connectivity index (χ2n) is 6.46. The van der Waals surface area contributed by atoms with Crippen LogP contribution in [0.15, 0.2) is 16.6 Å². The van der Waals surface area contributed by atoms with Crippen molar-refractivity contribution < 1.29 is 22.5 Å². The predicted octanol–water partition coefficient (Wildman–Crippen LogP) is 2.73. The fraction of sp³-hybridized carbons (Fsp3) is 0.571. The highest BCUT2D eigenvalue weighted by atomic mass is 32.1. The molecule has 132 valence electrons. The van der Waals surface area contributed by atoms with Crippen molar-refractivity contribution in [1.29, 1.82) is 0 Å². The number of aromatic amines is 1. The molecule has 1 aromatic heterocycles. The number of H-pyrrole nitrogens is 1. The zero-order valence-corrected chi connectivity index (χ0v) is 14.6. The lowest BCUT2D eigenvalue weighted by atomic mass is 9.78. The van der Waals surface area contributed by atoms with Crippen molar-refractivity contribution in [2.45, 2.75) is 45.1 Å². The molecule has 0 radical (unpaired) electrons. The Hall–Kier alpha value is -1.26. The maximum atomic E-state index is 13.1. The van der Waals surface area contributed by atoms with E-state index in [1.807, 2.05) is 27.7 Å². The molecular formula is C14H18BF3N2O3S. The number of nitrogens with one attached hydrogen (secondary N) is 1. The van der Waals surface area contributed by atoms with Crippen LogP contribution in [0.1, 0.15) is 39.0 Å². The fourth-order valence-corrected chi connectivity index (χ4v) is 2.38. The van der Waals surface area contributed by atoms with Gasteiger partial charge in [-0.05, 0) is 33.2 Å². The van der Waals surface area contributed by atoms with Gasteiger partial charge in [-0.3, -0.25) is 4.79 Å². The van der Waals surface area contributed by atoms with Gasteiger partial charge in [0.05, 0.1) is 23.1 Å². The quantitative estimate of drug-likeness (QED) is 0.641. The topological polar surface area (TPSA) is 64.2 Å². The van der Waals surface area contributed by atoms with E-state index in [-0.39, 0.29) is 5.75 Å². The van der Waals surface area contributed by atoms with Gasteiger partial charge in [0.15, 0.2) is 5.69 Å². The van der Waals surface area contributed by atoms with Gasteiger partial charge in [-0.15, -0.1) is 0 Å². The molecular weight excluding hydrogens is 344 g/mol. The van der Waals surface area contributed by atoms with Gasteiger partial charge in [-0.1, -0.05) is 6.08 Å². The third-order valence-electron chi connectivity index (χ3n) is 4.23. The van der Waals surface area contributed by atoms with E-state index in [2.05, 4.69) is 22.6 Å². The Morgan fingerprint density at radius 1 is 1.33 bits per heavy atom. The number of halogens is 3. The van der Waals surface area contributed by atoms with Crippen molar-refractivity contribution in [3.05, 3.63) is 33.4 Å².